The van der Waals surface area contributed by atoms with Gasteiger partial charge in [-0.05, 0) is 86.4 Å². The minimum absolute atomic E-state index is 0. The van der Waals surface area contributed by atoms with Crippen LogP contribution in [0.1, 0.15) is 85.3 Å². The molecule has 0 aliphatic heterocycles. The first kappa shape index (κ1) is 45.4. The van der Waals surface area contributed by atoms with Crippen molar-refractivity contribution in [3.8, 4) is 39.5 Å². The molecule has 0 atom stereocenters. The summed E-state index contributed by atoms with van der Waals surface area (Å²) in [4.78, 5) is 15.1. The quantitative estimate of drug-likeness (QED) is 0.107. The van der Waals surface area contributed by atoms with Gasteiger partial charge < -0.3 is 14.0 Å². The second-order valence-electron chi connectivity index (χ2n) is 20.5. The third-order valence-corrected chi connectivity index (χ3v) is 15.6. The van der Waals surface area contributed by atoms with E-state index in [2.05, 4.69) is 187 Å². The molecule has 11 aromatic rings. The number of hydrogen-bond acceptors (Lipinski definition) is 4. The van der Waals surface area contributed by atoms with Gasteiger partial charge in [-0.25, -0.2) is 4.98 Å². The summed E-state index contributed by atoms with van der Waals surface area (Å²) in [6.45, 7) is 18.5. The van der Waals surface area contributed by atoms with E-state index < -0.39 is 14.9 Å². The van der Waals surface area contributed by atoms with Crippen LogP contribution in [0.3, 0.4) is 0 Å². The van der Waals surface area contributed by atoms with Gasteiger partial charge in [0.2, 0.25) is 0 Å². The third-order valence-electron chi connectivity index (χ3n) is 13.6. The maximum absolute atomic E-state index is 7.56. The molecule has 7 heteroatoms. The van der Waals surface area contributed by atoms with E-state index in [9.17, 15) is 0 Å². The molecule has 0 spiro atoms. The van der Waals surface area contributed by atoms with Crippen LogP contribution < -0.4 is 5.19 Å². The van der Waals surface area contributed by atoms with Gasteiger partial charge in [0, 0.05) is 52.3 Å². The Hall–Kier alpha value is -6.76. The Balaban J connectivity index is 0.000000196. The topological polar surface area (TPSA) is 56.7 Å². The van der Waals surface area contributed by atoms with E-state index in [1.54, 1.807) is 18.2 Å². The number of benzene rings is 7. The van der Waals surface area contributed by atoms with Crippen molar-refractivity contribution >= 4 is 57.3 Å². The van der Waals surface area contributed by atoms with Crippen molar-refractivity contribution in [1.29, 1.82) is 0 Å². The molecule has 0 aliphatic rings. The first-order chi connectivity index (χ1) is 34.9. The molecule has 0 saturated carbocycles. The van der Waals surface area contributed by atoms with E-state index in [-0.39, 0.29) is 37.4 Å². The van der Waals surface area contributed by atoms with E-state index in [0.29, 0.717) is 11.2 Å². The van der Waals surface area contributed by atoms with E-state index in [1.807, 2.05) is 42.6 Å². The molecular formula is C64H60IrN4OSi-2. The van der Waals surface area contributed by atoms with Crippen LogP contribution in [0.4, 0.5) is 0 Å². The van der Waals surface area contributed by atoms with E-state index in [4.69, 9.17) is 23.5 Å². The normalized spacial score (nSPS) is 12.7. The maximum Gasteiger partial charge on any atom is 0.168 e. The number of pyridine rings is 2. The largest absolute Gasteiger partial charge is 0.501 e. The fourth-order valence-corrected chi connectivity index (χ4v) is 11.4. The van der Waals surface area contributed by atoms with Crippen LogP contribution in [0.15, 0.2) is 174 Å². The Morgan fingerprint density at radius 2 is 1.37 bits per heavy atom. The zero-order valence-corrected chi connectivity index (χ0v) is 45.2. The summed E-state index contributed by atoms with van der Waals surface area (Å²) in [5.74, 6) is 1.30. The molecule has 0 bridgehead atoms. The number of imidazole rings is 1. The molecule has 0 saturated heterocycles. The fraction of sp³-hybridized carbons (Fsp3) is 0.203. The smallest absolute Gasteiger partial charge is 0.168 e. The number of furan rings is 1. The molecule has 1 radical (unpaired) electrons. The first-order valence-electron chi connectivity index (χ1n) is 25.8. The zero-order chi connectivity index (χ0) is 51.4. The van der Waals surface area contributed by atoms with Gasteiger partial charge in [0.15, 0.2) is 5.65 Å². The molecule has 0 unspecified atom stereocenters. The second-order valence-corrected chi connectivity index (χ2v) is 25.6. The number of para-hydroxylation sites is 2. The molecule has 7 aromatic carbocycles. The molecule has 5 nitrogen and oxygen atoms in total. The Bertz CT molecular complexity index is 3770. The molecule has 357 valence electrons. The van der Waals surface area contributed by atoms with Crippen molar-refractivity contribution in [1.82, 2.24) is 19.5 Å². The predicted octanol–water partition coefficient (Wildman–Crippen LogP) is 16.6. The van der Waals surface area contributed by atoms with Crippen LogP contribution >= 0.6 is 0 Å². The minimum Gasteiger partial charge on any atom is -0.501 e. The van der Waals surface area contributed by atoms with Gasteiger partial charge in [-0.2, -0.15) is 0 Å². The van der Waals surface area contributed by atoms with Crippen LogP contribution in [-0.4, -0.2) is 27.6 Å². The van der Waals surface area contributed by atoms with Gasteiger partial charge in [-0.15, -0.1) is 53.6 Å². The number of hydrogen-bond donors (Lipinski definition) is 0. The molecule has 4 aromatic heterocycles. The summed E-state index contributed by atoms with van der Waals surface area (Å²) in [5.41, 5.74) is 15.5. The Kier molecular flexibility index (Phi) is 12.7. The Morgan fingerprint density at radius 1 is 0.690 bits per heavy atom. The van der Waals surface area contributed by atoms with Crippen molar-refractivity contribution in [2.24, 2.45) is 0 Å². The molecule has 4 heterocycles. The molecular weight excluding hydrogens is 1060 g/mol. The van der Waals surface area contributed by atoms with E-state index in [0.717, 1.165) is 66.7 Å². The van der Waals surface area contributed by atoms with Crippen molar-refractivity contribution in [2.75, 3.05) is 0 Å². The van der Waals surface area contributed by atoms with Crippen LogP contribution in [-0.2, 0) is 25.5 Å². The Labute approximate surface area is 437 Å². The molecule has 0 amide bonds. The average Bonchev–Trinajstić information content (AvgIpc) is 3.95. The Morgan fingerprint density at radius 3 is 2.04 bits per heavy atom. The summed E-state index contributed by atoms with van der Waals surface area (Å²) < 4.78 is 31.5. The molecule has 11 rings (SSSR count). The summed E-state index contributed by atoms with van der Waals surface area (Å²) in [6, 6.07) is 62.5. The average molecular weight is 1120 g/mol. The number of fused-ring (bicyclic) bond motifs is 5. The first-order valence-corrected chi connectivity index (χ1v) is 27.8. The van der Waals surface area contributed by atoms with E-state index in [1.165, 1.54) is 38.6 Å². The van der Waals surface area contributed by atoms with Gasteiger partial charge in [-0.1, -0.05) is 182 Å². The second kappa shape index (κ2) is 19.8. The van der Waals surface area contributed by atoms with Crippen LogP contribution in [0.5, 0.6) is 0 Å². The standard InChI is InChI=1S/C40H32N3O.C24H28NSi.Ir/c1-24(2)32-21-28(26-13-6-5-7-14-26)22-33(25(3)4)37(32)43-35-23-27-15-8-10-19-34(27)41-39(35)42-40(43)31-18-12-17-30-29-16-9-11-20-36(29)44-38(30)31;1-18-12-14-19(15-13-18)22-16-21(23(17-25-22)26(4,5)6)24(2,3)20-10-8-7-9-11-20;/h5-17,19-25H,1-4H3;7-14,16-17H,1-6H3;/q2*-1;/i;1D3;. The summed E-state index contributed by atoms with van der Waals surface area (Å²) in [5, 5.41) is 4.56. The van der Waals surface area contributed by atoms with Crippen molar-refractivity contribution < 1.29 is 28.6 Å². The van der Waals surface area contributed by atoms with Crippen molar-refractivity contribution in [3.05, 3.63) is 210 Å². The van der Waals surface area contributed by atoms with Gasteiger partial charge in [0.1, 0.15) is 5.58 Å². The number of nitrogens with zero attached hydrogens (tertiary/aromatic N) is 4. The minimum atomic E-state index is -2.12. The van der Waals surface area contributed by atoms with Crippen LogP contribution in [0, 0.1) is 19.0 Å². The molecule has 0 aliphatic carbocycles. The number of aromatic nitrogens is 4. The monoisotopic (exact) mass is 1120 g/mol. The summed E-state index contributed by atoms with van der Waals surface area (Å²) >= 11 is 0. The van der Waals surface area contributed by atoms with Crippen LogP contribution in [0.25, 0.3) is 83.5 Å². The van der Waals surface area contributed by atoms with Gasteiger partial charge in [-0.3, -0.25) is 4.98 Å². The maximum atomic E-state index is 7.56. The molecule has 0 fully saturated rings. The third kappa shape index (κ3) is 9.47. The van der Waals surface area contributed by atoms with Gasteiger partial charge in [0.05, 0.1) is 30.5 Å². The van der Waals surface area contributed by atoms with Crippen molar-refractivity contribution in [3.63, 3.8) is 0 Å². The van der Waals surface area contributed by atoms with Crippen LogP contribution in [0.2, 0.25) is 19.6 Å². The van der Waals surface area contributed by atoms with Crippen molar-refractivity contribution in [2.45, 2.75) is 85.3 Å². The number of aryl methyl sites for hydroxylation is 1. The number of rotatable bonds is 9. The SMILES string of the molecule is CC(C)c1cc(-c2ccccc2)cc(C(C)C)c1-n1c(-c2[c-]ccc3c2oc2ccccc23)nc2nc3ccccc3cc21.[2H]C([2H])([2H])c1c[c-]c(-c2cc(C(C)(C)c3ccccc3)c([Si](C)(C)C)cn2)cc1.[Ir]. The van der Waals surface area contributed by atoms with E-state index >= 15 is 0 Å². The summed E-state index contributed by atoms with van der Waals surface area (Å²) in [6.07, 6.45) is 2.02. The predicted molar refractivity (Wildman–Crippen MR) is 296 cm³/mol. The fourth-order valence-electron chi connectivity index (χ4n) is 9.78. The zero-order valence-electron chi connectivity index (χ0n) is 44.9. The molecule has 71 heavy (non-hydrogen) atoms. The summed E-state index contributed by atoms with van der Waals surface area (Å²) in [7, 11) is -1.63. The van der Waals surface area contributed by atoms with Gasteiger partial charge >= 0.3 is 0 Å². The molecule has 0 N–H and O–H groups in total. The van der Waals surface area contributed by atoms with Gasteiger partial charge in [0.25, 0.3) is 0 Å².